The Bertz CT molecular complexity index is 1810. The molecule has 0 saturated heterocycles. The van der Waals surface area contributed by atoms with Crippen LogP contribution in [0.15, 0.2) is 72.8 Å². The van der Waals surface area contributed by atoms with Crippen molar-refractivity contribution in [2.45, 2.75) is 51.4 Å². The van der Waals surface area contributed by atoms with Crippen LogP contribution in [0.1, 0.15) is 95.8 Å². The van der Waals surface area contributed by atoms with Crippen LogP contribution in [0.4, 0.5) is 11.4 Å². The molecular formula is C36H28Cl2N2O4. The van der Waals surface area contributed by atoms with Gasteiger partial charge < -0.3 is 0 Å². The molecule has 0 aromatic heterocycles. The molecule has 0 atom stereocenters. The van der Waals surface area contributed by atoms with Crippen molar-refractivity contribution in [3.8, 4) is 0 Å². The van der Waals surface area contributed by atoms with Crippen LogP contribution in [0.5, 0.6) is 0 Å². The molecule has 1 fully saturated rings. The smallest absolute Gasteiger partial charge is 0.267 e. The van der Waals surface area contributed by atoms with E-state index in [0.29, 0.717) is 22.5 Å². The number of imide groups is 2. The first-order chi connectivity index (χ1) is 21.1. The highest BCUT2D eigenvalue weighted by molar-refractivity contribution is 6.43. The molecule has 0 unspecified atom stereocenters. The van der Waals surface area contributed by atoms with Crippen molar-refractivity contribution >= 4 is 58.2 Å². The number of hydrogen-bond donors (Lipinski definition) is 0. The van der Waals surface area contributed by atoms with Gasteiger partial charge in [-0.3, -0.25) is 19.2 Å². The Morgan fingerprint density at radius 3 is 1.39 bits per heavy atom. The van der Waals surface area contributed by atoms with Crippen molar-refractivity contribution in [2.24, 2.45) is 0 Å². The molecule has 4 amide bonds. The Balaban J connectivity index is 1.26. The Morgan fingerprint density at radius 2 is 1.00 bits per heavy atom. The number of carbonyl (C=O) groups excluding carboxylic acids is 4. The molecule has 44 heavy (non-hydrogen) atoms. The molecule has 4 aromatic rings. The van der Waals surface area contributed by atoms with Gasteiger partial charge in [-0.2, -0.15) is 0 Å². The van der Waals surface area contributed by atoms with E-state index < -0.39 is 11.8 Å². The first kappa shape index (κ1) is 28.5. The summed E-state index contributed by atoms with van der Waals surface area (Å²) in [5.74, 6) is -1.59. The van der Waals surface area contributed by atoms with Crippen molar-refractivity contribution in [1.82, 2.24) is 0 Å². The molecule has 0 N–H and O–H groups in total. The summed E-state index contributed by atoms with van der Waals surface area (Å²) in [7, 11) is 0. The minimum absolute atomic E-state index is 0.238. The van der Waals surface area contributed by atoms with E-state index in [2.05, 4.69) is 12.1 Å². The van der Waals surface area contributed by atoms with Gasteiger partial charge in [-0.15, -0.1) is 0 Å². The van der Waals surface area contributed by atoms with Crippen LogP contribution in [0, 0.1) is 13.8 Å². The number of carbonyl (C=O) groups is 4. The largest absolute Gasteiger partial charge is 0.268 e. The average molecular weight is 624 g/mol. The maximum absolute atomic E-state index is 13.3. The van der Waals surface area contributed by atoms with E-state index in [4.69, 9.17) is 23.2 Å². The molecule has 7 rings (SSSR count). The summed E-state index contributed by atoms with van der Waals surface area (Å²) in [6, 6.07) is 21.8. The van der Waals surface area contributed by atoms with E-state index in [1.165, 1.54) is 9.80 Å². The summed E-state index contributed by atoms with van der Waals surface area (Å²) in [6.07, 6.45) is 5.10. The fourth-order valence-electron chi connectivity index (χ4n) is 7.23. The molecule has 0 spiro atoms. The highest BCUT2D eigenvalue weighted by atomic mass is 35.5. The zero-order valence-corrected chi connectivity index (χ0v) is 25.8. The molecule has 2 aliphatic heterocycles. The lowest BCUT2D eigenvalue weighted by Crippen LogP contribution is -2.33. The minimum Gasteiger partial charge on any atom is -0.268 e. The van der Waals surface area contributed by atoms with Gasteiger partial charge in [-0.1, -0.05) is 78.9 Å². The second kappa shape index (κ2) is 10.4. The van der Waals surface area contributed by atoms with Gasteiger partial charge in [0.1, 0.15) is 0 Å². The lowest BCUT2D eigenvalue weighted by atomic mass is 9.65. The topological polar surface area (TPSA) is 74.8 Å². The first-order valence-electron chi connectivity index (χ1n) is 14.7. The standard InChI is InChI=1S/C36H28Cl2N2O4/c1-20-18-22(12-14-28(20)39-32(41)24-8-6-10-26(37)30(24)34(39)43)36(16-4-3-5-17-36)23-13-15-29(21(2)19-23)40-33(42)25-9-7-11-27(38)31(25)35(40)44/h6-15,18-19H,3-5,16-17H2,1-2H3. The number of benzene rings is 4. The summed E-state index contributed by atoms with van der Waals surface area (Å²) in [4.78, 5) is 55.7. The molecule has 3 aliphatic rings. The molecule has 0 bridgehead atoms. The van der Waals surface area contributed by atoms with E-state index in [0.717, 1.165) is 54.4 Å². The van der Waals surface area contributed by atoms with E-state index in [-0.39, 0.29) is 38.4 Å². The molecule has 1 aliphatic carbocycles. The molecule has 220 valence electrons. The average Bonchev–Trinajstić information content (AvgIpc) is 3.43. The fourth-order valence-corrected chi connectivity index (χ4v) is 7.74. The molecule has 6 nitrogen and oxygen atoms in total. The van der Waals surface area contributed by atoms with Crippen LogP contribution < -0.4 is 9.80 Å². The molecule has 2 heterocycles. The van der Waals surface area contributed by atoms with E-state index >= 15 is 0 Å². The highest BCUT2D eigenvalue weighted by Crippen LogP contribution is 2.47. The number of anilines is 2. The van der Waals surface area contributed by atoms with Gasteiger partial charge in [-0.25, -0.2) is 9.80 Å². The third kappa shape index (κ3) is 4.08. The number of amides is 4. The SMILES string of the molecule is Cc1cc(C2(c3ccc(N4C(=O)c5cccc(Cl)c5C4=O)c(C)c3)CCCCC2)ccc1N1C(=O)c2cccc(Cl)c2C1=O. The molecule has 0 radical (unpaired) electrons. The van der Waals surface area contributed by atoms with Gasteiger partial charge in [0.05, 0.1) is 43.7 Å². The number of nitrogens with zero attached hydrogens (tertiary/aromatic N) is 2. The summed E-state index contributed by atoms with van der Waals surface area (Å²) < 4.78 is 0. The number of aryl methyl sites for hydroxylation is 2. The normalized spacial score (nSPS) is 17.4. The summed E-state index contributed by atoms with van der Waals surface area (Å²) in [6.45, 7) is 3.84. The van der Waals surface area contributed by atoms with Gasteiger partial charge in [0, 0.05) is 5.41 Å². The van der Waals surface area contributed by atoms with Crippen LogP contribution in [-0.4, -0.2) is 23.6 Å². The van der Waals surface area contributed by atoms with Crippen LogP contribution in [0.3, 0.4) is 0 Å². The van der Waals surface area contributed by atoms with Crippen LogP contribution in [0.2, 0.25) is 10.0 Å². The first-order valence-corrected chi connectivity index (χ1v) is 15.5. The second-order valence-corrected chi connectivity index (χ2v) is 12.7. The summed E-state index contributed by atoms with van der Waals surface area (Å²) >= 11 is 12.6. The van der Waals surface area contributed by atoms with E-state index in [9.17, 15) is 19.2 Å². The Hall–Kier alpha value is -4.26. The molecule has 8 heteroatoms. The molecule has 1 saturated carbocycles. The van der Waals surface area contributed by atoms with Crippen molar-refractivity contribution in [1.29, 1.82) is 0 Å². The highest BCUT2D eigenvalue weighted by Gasteiger charge is 2.42. The lowest BCUT2D eigenvalue weighted by Gasteiger charge is -2.39. The quantitative estimate of drug-likeness (QED) is 0.214. The van der Waals surface area contributed by atoms with Gasteiger partial charge >= 0.3 is 0 Å². The number of hydrogen-bond acceptors (Lipinski definition) is 4. The van der Waals surface area contributed by atoms with Crippen molar-refractivity contribution in [3.63, 3.8) is 0 Å². The minimum atomic E-state index is -0.417. The van der Waals surface area contributed by atoms with Crippen LogP contribution in [0.25, 0.3) is 0 Å². The zero-order valence-electron chi connectivity index (χ0n) is 24.2. The maximum atomic E-state index is 13.3. The predicted molar refractivity (Wildman–Crippen MR) is 171 cm³/mol. The lowest BCUT2D eigenvalue weighted by molar-refractivity contribution is 0.0910. The number of halogens is 2. The Labute approximate surface area is 265 Å². The molecule has 4 aromatic carbocycles. The Morgan fingerprint density at radius 1 is 0.568 bits per heavy atom. The molecular weight excluding hydrogens is 595 g/mol. The number of rotatable bonds is 4. The van der Waals surface area contributed by atoms with Gasteiger partial charge in [0.25, 0.3) is 23.6 Å². The predicted octanol–water partition coefficient (Wildman–Crippen LogP) is 8.46. The van der Waals surface area contributed by atoms with Crippen molar-refractivity contribution in [3.05, 3.63) is 127 Å². The second-order valence-electron chi connectivity index (χ2n) is 11.9. The summed E-state index contributed by atoms with van der Waals surface area (Å²) in [5, 5.41) is 0.531. The van der Waals surface area contributed by atoms with Crippen LogP contribution >= 0.6 is 23.2 Å². The van der Waals surface area contributed by atoms with Crippen LogP contribution in [-0.2, 0) is 5.41 Å². The maximum Gasteiger partial charge on any atom is 0.267 e. The monoisotopic (exact) mass is 622 g/mol. The van der Waals surface area contributed by atoms with Gasteiger partial charge in [-0.05, 0) is 85.3 Å². The van der Waals surface area contributed by atoms with E-state index in [1.807, 2.05) is 38.1 Å². The number of fused-ring (bicyclic) bond motifs is 2. The summed E-state index contributed by atoms with van der Waals surface area (Å²) in [5.41, 5.74) is 5.71. The van der Waals surface area contributed by atoms with Gasteiger partial charge in [0.2, 0.25) is 0 Å². The zero-order chi connectivity index (χ0) is 30.9. The van der Waals surface area contributed by atoms with E-state index in [1.54, 1.807) is 36.4 Å². The van der Waals surface area contributed by atoms with Gasteiger partial charge in [0.15, 0.2) is 0 Å². The Kier molecular flexibility index (Phi) is 6.76. The fraction of sp³-hybridized carbons (Fsp3) is 0.222. The third-order valence-corrected chi connectivity index (χ3v) is 10.0. The third-order valence-electron chi connectivity index (χ3n) is 9.42. The van der Waals surface area contributed by atoms with Crippen molar-refractivity contribution in [2.75, 3.05) is 9.80 Å². The van der Waals surface area contributed by atoms with Crippen molar-refractivity contribution < 1.29 is 19.2 Å².